The van der Waals surface area contributed by atoms with Gasteiger partial charge in [-0.15, -0.1) is 0 Å². The van der Waals surface area contributed by atoms with Gasteiger partial charge in [-0.25, -0.2) is 9.97 Å². The summed E-state index contributed by atoms with van der Waals surface area (Å²) in [6, 6.07) is 9.15. The maximum Gasteiger partial charge on any atom is 0.261 e. The predicted molar refractivity (Wildman–Crippen MR) is 76.9 cm³/mol. The second-order valence-electron chi connectivity index (χ2n) is 4.65. The van der Waals surface area contributed by atoms with Crippen molar-refractivity contribution in [1.82, 2.24) is 19.5 Å². The Morgan fingerprint density at radius 2 is 2.05 bits per heavy atom. The van der Waals surface area contributed by atoms with E-state index in [4.69, 9.17) is 4.42 Å². The summed E-state index contributed by atoms with van der Waals surface area (Å²) in [6.45, 7) is 0.249. The van der Waals surface area contributed by atoms with E-state index in [0.717, 1.165) is 5.52 Å². The summed E-state index contributed by atoms with van der Waals surface area (Å²) in [4.78, 5) is 24.9. The molecule has 0 bridgehead atoms. The molecule has 4 rings (SSSR count). The Morgan fingerprint density at radius 1 is 1.14 bits per heavy atom. The van der Waals surface area contributed by atoms with Gasteiger partial charge in [-0.1, -0.05) is 12.1 Å². The number of pyridine rings is 1. The lowest BCUT2D eigenvalue weighted by atomic mass is 10.3. The first-order chi connectivity index (χ1) is 10.3. The van der Waals surface area contributed by atoms with Crippen LogP contribution in [0.4, 0.5) is 0 Å². The number of fused-ring (bicyclic) bond motifs is 2. The molecule has 102 valence electrons. The Labute approximate surface area is 118 Å². The molecule has 0 aliphatic heterocycles. The largest absolute Gasteiger partial charge is 0.439 e. The van der Waals surface area contributed by atoms with Crippen LogP contribution in [0.25, 0.3) is 22.0 Å². The lowest BCUT2D eigenvalue weighted by molar-refractivity contribution is 0.503. The normalized spacial score (nSPS) is 11.2. The smallest absolute Gasteiger partial charge is 0.261 e. The molecule has 0 atom stereocenters. The standard InChI is InChI=1S/C15H10N4O2/c20-15-10-5-6-16-7-12(10)17-9-19(15)8-14-18-11-3-1-2-4-13(11)21-14/h1-7,9H,8H2. The molecule has 0 unspecified atom stereocenters. The van der Waals surface area contributed by atoms with E-state index in [9.17, 15) is 4.79 Å². The summed E-state index contributed by atoms with van der Waals surface area (Å²) in [7, 11) is 0. The van der Waals surface area contributed by atoms with Gasteiger partial charge in [0.05, 0.1) is 23.4 Å². The zero-order valence-electron chi connectivity index (χ0n) is 10.9. The van der Waals surface area contributed by atoms with Crippen molar-refractivity contribution in [3.05, 3.63) is 65.3 Å². The first kappa shape index (κ1) is 11.8. The minimum absolute atomic E-state index is 0.135. The van der Waals surface area contributed by atoms with Crippen LogP contribution in [0.3, 0.4) is 0 Å². The number of hydrogen-bond donors (Lipinski definition) is 0. The SMILES string of the molecule is O=c1c2ccncc2ncn1Cc1nc2ccccc2o1. The van der Waals surface area contributed by atoms with E-state index < -0.39 is 0 Å². The topological polar surface area (TPSA) is 73.8 Å². The molecule has 1 aromatic carbocycles. The van der Waals surface area contributed by atoms with E-state index in [1.54, 1.807) is 18.5 Å². The summed E-state index contributed by atoms with van der Waals surface area (Å²) < 4.78 is 7.11. The van der Waals surface area contributed by atoms with Crippen LogP contribution in [0.1, 0.15) is 5.89 Å². The summed E-state index contributed by atoms with van der Waals surface area (Å²) in [5.41, 5.74) is 1.93. The molecule has 0 radical (unpaired) electrons. The van der Waals surface area contributed by atoms with Gasteiger partial charge in [-0.05, 0) is 18.2 Å². The van der Waals surface area contributed by atoms with E-state index in [1.807, 2.05) is 24.3 Å². The van der Waals surface area contributed by atoms with Gasteiger partial charge in [-0.2, -0.15) is 0 Å². The van der Waals surface area contributed by atoms with Gasteiger partial charge in [0.1, 0.15) is 12.1 Å². The van der Waals surface area contributed by atoms with Gasteiger partial charge in [0.25, 0.3) is 5.56 Å². The van der Waals surface area contributed by atoms with Crippen molar-refractivity contribution in [1.29, 1.82) is 0 Å². The van der Waals surface area contributed by atoms with Crippen molar-refractivity contribution in [2.75, 3.05) is 0 Å². The van der Waals surface area contributed by atoms with Crippen LogP contribution in [0.2, 0.25) is 0 Å². The van der Waals surface area contributed by atoms with Crippen LogP contribution in [0, 0.1) is 0 Å². The zero-order chi connectivity index (χ0) is 14.2. The molecule has 21 heavy (non-hydrogen) atoms. The van der Waals surface area contributed by atoms with E-state index in [2.05, 4.69) is 15.0 Å². The van der Waals surface area contributed by atoms with Crippen molar-refractivity contribution in [2.45, 2.75) is 6.54 Å². The lowest BCUT2D eigenvalue weighted by Gasteiger charge is -2.03. The molecule has 0 saturated carbocycles. The van der Waals surface area contributed by atoms with Gasteiger partial charge in [0, 0.05) is 6.20 Å². The second kappa shape index (κ2) is 4.52. The fourth-order valence-corrected chi connectivity index (χ4v) is 2.25. The molecule has 3 heterocycles. The highest BCUT2D eigenvalue weighted by atomic mass is 16.3. The lowest BCUT2D eigenvalue weighted by Crippen LogP contribution is -2.21. The first-order valence-electron chi connectivity index (χ1n) is 6.45. The number of benzene rings is 1. The highest BCUT2D eigenvalue weighted by Gasteiger charge is 2.09. The van der Waals surface area contributed by atoms with Gasteiger partial charge in [0.15, 0.2) is 5.58 Å². The molecule has 0 spiro atoms. The molecular weight excluding hydrogens is 268 g/mol. The molecule has 6 heteroatoms. The van der Waals surface area contributed by atoms with E-state index >= 15 is 0 Å². The Hall–Kier alpha value is -3.02. The third-order valence-corrected chi connectivity index (χ3v) is 3.27. The van der Waals surface area contributed by atoms with Gasteiger partial charge in [-0.3, -0.25) is 14.3 Å². The fourth-order valence-electron chi connectivity index (χ4n) is 2.25. The molecular formula is C15H10N4O2. The van der Waals surface area contributed by atoms with Crippen LogP contribution < -0.4 is 5.56 Å². The first-order valence-corrected chi connectivity index (χ1v) is 6.45. The summed E-state index contributed by atoms with van der Waals surface area (Å²) >= 11 is 0. The average Bonchev–Trinajstić information content (AvgIpc) is 2.93. The van der Waals surface area contributed by atoms with Crippen molar-refractivity contribution in [3.8, 4) is 0 Å². The minimum atomic E-state index is -0.135. The molecule has 0 aliphatic rings. The Bertz CT molecular complexity index is 970. The number of nitrogens with zero attached hydrogens (tertiary/aromatic N) is 4. The highest BCUT2D eigenvalue weighted by Crippen LogP contribution is 2.15. The van der Waals surface area contributed by atoms with Gasteiger partial charge in [0.2, 0.25) is 5.89 Å². The Kier molecular flexibility index (Phi) is 2.53. The number of rotatable bonds is 2. The van der Waals surface area contributed by atoms with Gasteiger partial charge < -0.3 is 4.42 Å². The zero-order valence-corrected chi connectivity index (χ0v) is 10.9. The third-order valence-electron chi connectivity index (χ3n) is 3.27. The molecule has 0 aliphatic carbocycles. The van der Waals surface area contributed by atoms with E-state index in [-0.39, 0.29) is 12.1 Å². The highest BCUT2D eigenvalue weighted by molar-refractivity contribution is 5.75. The van der Waals surface area contributed by atoms with Crippen LogP contribution in [0.15, 0.2) is 58.3 Å². The van der Waals surface area contributed by atoms with E-state index in [1.165, 1.54) is 10.9 Å². The maximum absolute atomic E-state index is 12.4. The van der Waals surface area contributed by atoms with Gasteiger partial charge >= 0.3 is 0 Å². The quantitative estimate of drug-likeness (QED) is 0.560. The average molecular weight is 278 g/mol. The third kappa shape index (κ3) is 1.97. The monoisotopic (exact) mass is 278 g/mol. The van der Waals surface area contributed by atoms with Crippen LogP contribution >= 0.6 is 0 Å². The Balaban J connectivity index is 1.80. The summed E-state index contributed by atoms with van der Waals surface area (Å²) in [5.74, 6) is 0.480. The molecule has 3 aromatic heterocycles. The van der Waals surface area contributed by atoms with Crippen LogP contribution in [-0.2, 0) is 6.54 Å². The Morgan fingerprint density at radius 3 is 2.95 bits per heavy atom. The number of hydrogen-bond acceptors (Lipinski definition) is 5. The molecule has 0 N–H and O–H groups in total. The predicted octanol–water partition coefficient (Wildman–Crippen LogP) is 1.98. The minimum Gasteiger partial charge on any atom is -0.439 e. The molecule has 0 amide bonds. The fraction of sp³-hybridized carbons (Fsp3) is 0.0667. The molecule has 0 fully saturated rings. The van der Waals surface area contributed by atoms with Crippen molar-refractivity contribution in [2.24, 2.45) is 0 Å². The molecule has 4 aromatic rings. The maximum atomic E-state index is 12.4. The van der Waals surface area contributed by atoms with Crippen molar-refractivity contribution < 1.29 is 4.42 Å². The van der Waals surface area contributed by atoms with E-state index in [0.29, 0.717) is 22.4 Å². The van der Waals surface area contributed by atoms with Crippen molar-refractivity contribution in [3.63, 3.8) is 0 Å². The number of para-hydroxylation sites is 2. The number of aromatic nitrogens is 4. The summed E-state index contributed by atoms with van der Waals surface area (Å²) in [6.07, 6.45) is 4.64. The molecule has 6 nitrogen and oxygen atoms in total. The van der Waals surface area contributed by atoms with Crippen LogP contribution in [0.5, 0.6) is 0 Å². The number of oxazole rings is 1. The summed E-state index contributed by atoms with van der Waals surface area (Å²) in [5, 5.41) is 0.531. The van der Waals surface area contributed by atoms with Crippen molar-refractivity contribution >= 4 is 22.0 Å². The van der Waals surface area contributed by atoms with Crippen LogP contribution in [-0.4, -0.2) is 19.5 Å². The second-order valence-corrected chi connectivity index (χ2v) is 4.65. The molecule has 0 saturated heterocycles.